The predicted molar refractivity (Wildman–Crippen MR) is 142 cm³/mol. The van der Waals surface area contributed by atoms with E-state index in [2.05, 4.69) is 37.9 Å². The zero-order valence-electron chi connectivity index (χ0n) is 22.3. The Balaban J connectivity index is 1.09. The highest BCUT2D eigenvalue weighted by atomic mass is 16.6. The van der Waals surface area contributed by atoms with Gasteiger partial charge in [-0.05, 0) is 79.8 Å². The van der Waals surface area contributed by atoms with Crippen molar-refractivity contribution in [3.63, 3.8) is 0 Å². The summed E-state index contributed by atoms with van der Waals surface area (Å²) >= 11 is 0. The number of likely N-dealkylation sites (tertiary alicyclic amines) is 2. The van der Waals surface area contributed by atoms with Gasteiger partial charge in [-0.3, -0.25) is 4.79 Å². The molecule has 1 N–H and O–H groups in total. The number of carbonyl (C=O) groups excluding carboxylic acids is 2. The molecule has 0 spiro atoms. The highest BCUT2D eigenvalue weighted by Gasteiger charge is 2.40. The first-order valence-electron chi connectivity index (χ1n) is 13.3. The standard InChI is InChI=1S/C28H31N7O4/c1-28(2,3)38-27(37)35-15-21(16-35)26(36)34-11-9-17(10-12-34)18-5-4-6-19(13-18)24-22-14-20(25-29-32-33-30-25)7-8-23(22)31-39-24/h4-8,13-14,17,21H,9-12,15-16H2,1-3H3,(H,29,30,32,33). The molecule has 0 atom stereocenters. The number of piperidine rings is 1. The maximum Gasteiger partial charge on any atom is 0.410 e. The molecule has 39 heavy (non-hydrogen) atoms. The summed E-state index contributed by atoms with van der Waals surface area (Å²) in [6.45, 7) is 7.79. The van der Waals surface area contributed by atoms with Gasteiger partial charge in [-0.25, -0.2) is 9.89 Å². The molecule has 0 aliphatic carbocycles. The Morgan fingerprint density at radius 1 is 1.03 bits per heavy atom. The Labute approximate surface area is 225 Å². The third kappa shape index (κ3) is 5.08. The van der Waals surface area contributed by atoms with Gasteiger partial charge in [0.2, 0.25) is 5.91 Å². The number of rotatable bonds is 4. The first-order chi connectivity index (χ1) is 18.7. The minimum Gasteiger partial charge on any atom is -0.444 e. The second-order valence-corrected chi connectivity index (χ2v) is 11.3. The molecule has 2 aromatic carbocycles. The fraction of sp³-hybridized carbons (Fsp3) is 0.429. The summed E-state index contributed by atoms with van der Waals surface area (Å²) in [6, 6.07) is 14.1. The summed E-state index contributed by atoms with van der Waals surface area (Å²) in [7, 11) is 0. The monoisotopic (exact) mass is 529 g/mol. The maximum atomic E-state index is 13.0. The molecule has 0 saturated carbocycles. The molecule has 11 heteroatoms. The Morgan fingerprint density at radius 3 is 2.54 bits per heavy atom. The van der Waals surface area contributed by atoms with Gasteiger partial charge in [0.1, 0.15) is 11.1 Å². The Kier molecular flexibility index (Phi) is 6.28. The lowest BCUT2D eigenvalue weighted by atomic mass is 9.87. The van der Waals surface area contributed by atoms with Crippen LogP contribution < -0.4 is 0 Å². The van der Waals surface area contributed by atoms with Crippen LogP contribution in [0.2, 0.25) is 0 Å². The summed E-state index contributed by atoms with van der Waals surface area (Å²) in [5.74, 6) is 1.62. The van der Waals surface area contributed by atoms with Gasteiger partial charge in [0.25, 0.3) is 0 Å². The van der Waals surface area contributed by atoms with Gasteiger partial charge in [0.05, 0.1) is 11.3 Å². The molecule has 2 aliphatic rings. The minimum absolute atomic E-state index is 0.132. The van der Waals surface area contributed by atoms with Crippen LogP contribution in [0, 0.1) is 5.92 Å². The molecule has 2 aromatic heterocycles. The molecule has 11 nitrogen and oxygen atoms in total. The molecule has 4 aromatic rings. The van der Waals surface area contributed by atoms with Gasteiger partial charge < -0.3 is 19.1 Å². The summed E-state index contributed by atoms with van der Waals surface area (Å²) < 4.78 is 11.2. The number of aromatic nitrogens is 5. The van der Waals surface area contributed by atoms with E-state index in [-0.39, 0.29) is 17.9 Å². The average molecular weight is 530 g/mol. The van der Waals surface area contributed by atoms with Crippen molar-refractivity contribution in [3.05, 3.63) is 48.0 Å². The molecular weight excluding hydrogens is 498 g/mol. The molecule has 4 heterocycles. The molecule has 6 rings (SSSR count). The number of carbonyl (C=O) groups is 2. The number of hydrogen-bond acceptors (Lipinski definition) is 8. The van der Waals surface area contributed by atoms with Crippen LogP contribution in [0.25, 0.3) is 33.6 Å². The van der Waals surface area contributed by atoms with Crippen molar-refractivity contribution in [1.82, 2.24) is 35.6 Å². The van der Waals surface area contributed by atoms with Gasteiger partial charge in [0, 0.05) is 37.3 Å². The van der Waals surface area contributed by atoms with Crippen LogP contribution in [-0.2, 0) is 9.53 Å². The number of benzene rings is 2. The van der Waals surface area contributed by atoms with E-state index in [1.54, 1.807) is 4.90 Å². The number of nitrogens with zero attached hydrogens (tertiary/aromatic N) is 6. The predicted octanol–water partition coefficient (Wildman–Crippen LogP) is 4.25. The van der Waals surface area contributed by atoms with E-state index >= 15 is 0 Å². The number of H-pyrrole nitrogens is 1. The summed E-state index contributed by atoms with van der Waals surface area (Å²) in [5.41, 5.74) is 3.26. The van der Waals surface area contributed by atoms with Crippen molar-refractivity contribution in [2.24, 2.45) is 5.92 Å². The Morgan fingerprint density at radius 2 is 1.82 bits per heavy atom. The van der Waals surface area contributed by atoms with Crippen molar-refractivity contribution < 1.29 is 18.8 Å². The normalized spacial score (nSPS) is 16.9. The third-order valence-electron chi connectivity index (χ3n) is 7.40. The van der Waals surface area contributed by atoms with Crippen LogP contribution in [0.15, 0.2) is 47.0 Å². The van der Waals surface area contributed by atoms with Gasteiger partial charge in [-0.1, -0.05) is 23.4 Å². The summed E-state index contributed by atoms with van der Waals surface area (Å²) in [4.78, 5) is 28.8. The van der Waals surface area contributed by atoms with E-state index in [1.807, 2.05) is 56.0 Å². The van der Waals surface area contributed by atoms with E-state index in [1.165, 1.54) is 5.56 Å². The topological polar surface area (TPSA) is 130 Å². The fourth-order valence-corrected chi connectivity index (χ4v) is 5.31. The van der Waals surface area contributed by atoms with Crippen LogP contribution in [0.4, 0.5) is 4.79 Å². The largest absolute Gasteiger partial charge is 0.444 e. The zero-order chi connectivity index (χ0) is 27.1. The molecule has 0 radical (unpaired) electrons. The molecule has 2 saturated heterocycles. The zero-order valence-corrected chi connectivity index (χ0v) is 22.3. The number of nitrogens with one attached hydrogen (secondary N) is 1. The third-order valence-corrected chi connectivity index (χ3v) is 7.40. The number of ether oxygens (including phenoxy) is 1. The van der Waals surface area contributed by atoms with Crippen LogP contribution in [0.5, 0.6) is 0 Å². The van der Waals surface area contributed by atoms with Crippen molar-refractivity contribution in [1.29, 1.82) is 0 Å². The van der Waals surface area contributed by atoms with E-state index in [0.29, 0.717) is 43.7 Å². The fourth-order valence-electron chi connectivity index (χ4n) is 5.31. The average Bonchev–Trinajstić information content (AvgIpc) is 3.57. The molecule has 2 aliphatic heterocycles. The second kappa shape index (κ2) is 9.79. The number of aromatic amines is 1. The van der Waals surface area contributed by atoms with Gasteiger partial charge >= 0.3 is 6.09 Å². The van der Waals surface area contributed by atoms with Gasteiger partial charge in [-0.15, -0.1) is 5.10 Å². The van der Waals surface area contributed by atoms with Gasteiger partial charge in [-0.2, -0.15) is 0 Å². The van der Waals surface area contributed by atoms with Crippen LogP contribution >= 0.6 is 0 Å². The SMILES string of the molecule is CC(C)(C)OC(=O)N1CC(C(=O)N2CCC(c3cccc(-c4onc5ccc(-c6nnn[nH]6)cc45)c3)CC2)C1. The number of tetrazole rings is 1. The highest BCUT2D eigenvalue weighted by Crippen LogP contribution is 2.35. The first kappa shape index (κ1) is 25.0. The lowest BCUT2D eigenvalue weighted by Gasteiger charge is -2.42. The van der Waals surface area contributed by atoms with E-state index in [4.69, 9.17) is 9.26 Å². The van der Waals surface area contributed by atoms with Crippen molar-refractivity contribution in [3.8, 4) is 22.7 Å². The molecule has 202 valence electrons. The van der Waals surface area contributed by atoms with Crippen molar-refractivity contribution >= 4 is 22.9 Å². The van der Waals surface area contributed by atoms with Crippen LogP contribution in [-0.4, -0.2) is 79.4 Å². The molecule has 2 amide bonds. The summed E-state index contributed by atoms with van der Waals surface area (Å²) in [5, 5.41) is 19.2. The summed E-state index contributed by atoms with van der Waals surface area (Å²) in [6.07, 6.45) is 1.42. The Bertz CT molecular complexity index is 1490. The number of hydrogen-bond donors (Lipinski definition) is 1. The van der Waals surface area contributed by atoms with Gasteiger partial charge in [0.15, 0.2) is 11.6 Å². The highest BCUT2D eigenvalue weighted by molar-refractivity contribution is 5.94. The lowest BCUT2D eigenvalue weighted by molar-refractivity contribution is -0.141. The molecular formula is C28H31N7O4. The maximum absolute atomic E-state index is 13.0. The quantitative estimate of drug-likeness (QED) is 0.415. The molecule has 2 fully saturated rings. The van der Waals surface area contributed by atoms with Crippen molar-refractivity contribution in [2.45, 2.75) is 45.1 Å². The van der Waals surface area contributed by atoms with Crippen LogP contribution in [0.1, 0.15) is 45.1 Å². The van der Waals surface area contributed by atoms with Crippen LogP contribution in [0.3, 0.4) is 0 Å². The lowest BCUT2D eigenvalue weighted by Crippen LogP contribution is -2.58. The first-order valence-corrected chi connectivity index (χ1v) is 13.3. The second-order valence-electron chi connectivity index (χ2n) is 11.3. The smallest absolute Gasteiger partial charge is 0.410 e. The molecule has 0 bridgehead atoms. The Hall–Kier alpha value is -4.28. The van der Waals surface area contributed by atoms with Crippen molar-refractivity contribution in [2.75, 3.05) is 26.2 Å². The number of amides is 2. The van der Waals surface area contributed by atoms with E-state index in [0.717, 1.165) is 34.9 Å². The number of fused-ring (bicyclic) bond motifs is 1. The van der Waals surface area contributed by atoms with E-state index in [9.17, 15) is 9.59 Å². The molecule has 0 unspecified atom stereocenters. The minimum atomic E-state index is -0.537. The van der Waals surface area contributed by atoms with E-state index < -0.39 is 5.60 Å².